The summed E-state index contributed by atoms with van der Waals surface area (Å²) in [5.41, 5.74) is 1.34. The maximum Gasteiger partial charge on any atom is 0.148 e. The monoisotopic (exact) mass is 310 g/mol. The minimum absolute atomic E-state index is 0.266. The number of sulfone groups is 1. The zero-order valence-electron chi connectivity index (χ0n) is 13.0. The minimum Gasteiger partial charge on any atom is -0.297 e. The van der Waals surface area contributed by atoms with Crippen LogP contribution in [-0.4, -0.2) is 62.4 Å². The van der Waals surface area contributed by atoms with E-state index >= 15 is 0 Å². The second-order valence-corrected chi connectivity index (χ2v) is 8.21. The Morgan fingerprint density at radius 2 is 1.90 bits per heavy atom. The van der Waals surface area contributed by atoms with Crippen LogP contribution in [0, 0.1) is 0 Å². The normalized spacial score (nSPS) is 21.5. The number of piperazine rings is 1. The van der Waals surface area contributed by atoms with Crippen molar-refractivity contribution in [1.29, 1.82) is 0 Å². The van der Waals surface area contributed by atoms with E-state index in [2.05, 4.69) is 41.0 Å². The van der Waals surface area contributed by atoms with Crippen molar-refractivity contribution in [1.82, 2.24) is 9.80 Å². The van der Waals surface area contributed by atoms with Crippen molar-refractivity contribution in [3.05, 3.63) is 35.9 Å². The maximum atomic E-state index is 11.3. The summed E-state index contributed by atoms with van der Waals surface area (Å²) in [6.07, 6.45) is 2.38. The van der Waals surface area contributed by atoms with E-state index in [1.165, 1.54) is 11.8 Å². The average molecular weight is 310 g/mol. The van der Waals surface area contributed by atoms with Gasteiger partial charge in [-0.3, -0.25) is 9.80 Å². The molecule has 1 aromatic rings. The van der Waals surface area contributed by atoms with Crippen LogP contribution in [0.4, 0.5) is 0 Å². The van der Waals surface area contributed by atoms with E-state index in [4.69, 9.17) is 0 Å². The highest BCUT2D eigenvalue weighted by Gasteiger charge is 2.26. The van der Waals surface area contributed by atoms with Gasteiger partial charge in [-0.2, -0.15) is 0 Å². The van der Waals surface area contributed by atoms with Gasteiger partial charge in [-0.05, 0) is 12.0 Å². The van der Waals surface area contributed by atoms with Gasteiger partial charge in [-0.1, -0.05) is 37.3 Å². The zero-order chi connectivity index (χ0) is 15.3. The third kappa shape index (κ3) is 5.41. The lowest BCUT2D eigenvalue weighted by Crippen LogP contribution is -2.53. The minimum atomic E-state index is -2.87. The van der Waals surface area contributed by atoms with Crippen molar-refractivity contribution in [2.24, 2.45) is 0 Å². The van der Waals surface area contributed by atoms with Gasteiger partial charge < -0.3 is 0 Å². The molecule has 0 unspecified atom stereocenters. The van der Waals surface area contributed by atoms with E-state index < -0.39 is 9.84 Å². The number of hydrogen-bond donors (Lipinski definition) is 0. The van der Waals surface area contributed by atoms with Crippen molar-refractivity contribution in [2.75, 3.05) is 38.2 Å². The van der Waals surface area contributed by atoms with Crippen molar-refractivity contribution < 1.29 is 8.42 Å². The highest BCUT2D eigenvalue weighted by Crippen LogP contribution is 2.15. The molecule has 21 heavy (non-hydrogen) atoms. The van der Waals surface area contributed by atoms with Crippen molar-refractivity contribution in [3.63, 3.8) is 0 Å². The third-order valence-corrected chi connectivity index (χ3v) is 5.08. The van der Waals surface area contributed by atoms with Gasteiger partial charge in [0.2, 0.25) is 0 Å². The lowest BCUT2D eigenvalue weighted by molar-refractivity contribution is 0.0726. The van der Waals surface area contributed by atoms with Crippen LogP contribution in [0.3, 0.4) is 0 Å². The highest BCUT2D eigenvalue weighted by atomic mass is 32.2. The second-order valence-electron chi connectivity index (χ2n) is 5.95. The molecule has 4 nitrogen and oxygen atoms in total. The molecule has 2 rings (SSSR count). The average Bonchev–Trinajstić information content (AvgIpc) is 2.46. The quantitative estimate of drug-likeness (QED) is 0.801. The lowest BCUT2D eigenvalue weighted by Gasteiger charge is -2.41. The SMILES string of the molecule is CC[C@H]1CN(Cc2ccccc2)CCN1CCS(C)(=O)=O. The molecule has 1 heterocycles. The first-order valence-corrected chi connectivity index (χ1v) is 9.72. The first-order valence-electron chi connectivity index (χ1n) is 7.66. The van der Waals surface area contributed by atoms with Gasteiger partial charge in [0.25, 0.3) is 0 Å². The van der Waals surface area contributed by atoms with Gasteiger partial charge in [0.1, 0.15) is 9.84 Å². The van der Waals surface area contributed by atoms with Gasteiger partial charge in [-0.15, -0.1) is 0 Å². The molecule has 0 aromatic heterocycles. The molecule has 1 saturated heterocycles. The maximum absolute atomic E-state index is 11.3. The van der Waals surface area contributed by atoms with E-state index in [1.807, 2.05) is 6.07 Å². The van der Waals surface area contributed by atoms with Crippen LogP contribution in [0.25, 0.3) is 0 Å². The van der Waals surface area contributed by atoms with Crippen molar-refractivity contribution in [2.45, 2.75) is 25.9 Å². The topological polar surface area (TPSA) is 40.6 Å². The summed E-state index contributed by atoms with van der Waals surface area (Å²) in [5, 5.41) is 0. The predicted molar refractivity (Wildman–Crippen MR) is 87.1 cm³/mol. The molecule has 118 valence electrons. The fraction of sp³-hybridized carbons (Fsp3) is 0.625. The largest absolute Gasteiger partial charge is 0.297 e. The molecule has 0 N–H and O–H groups in total. The lowest BCUT2D eigenvalue weighted by atomic mass is 10.1. The Morgan fingerprint density at radius 1 is 1.19 bits per heavy atom. The van der Waals surface area contributed by atoms with E-state index in [0.717, 1.165) is 32.6 Å². The number of nitrogens with zero attached hydrogens (tertiary/aromatic N) is 2. The first-order chi connectivity index (χ1) is 9.98. The summed E-state index contributed by atoms with van der Waals surface area (Å²) >= 11 is 0. The van der Waals surface area contributed by atoms with Gasteiger partial charge >= 0.3 is 0 Å². The molecule has 5 heteroatoms. The van der Waals surface area contributed by atoms with Crippen LogP contribution in [0.2, 0.25) is 0 Å². The van der Waals surface area contributed by atoms with Crippen LogP contribution in [0.15, 0.2) is 30.3 Å². The molecule has 0 saturated carbocycles. The molecule has 0 spiro atoms. The van der Waals surface area contributed by atoms with Crippen molar-refractivity contribution >= 4 is 9.84 Å². The number of rotatable bonds is 6. The van der Waals surface area contributed by atoms with Gasteiger partial charge in [0.05, 0.1) is 5.75 Å². The van der Waals surface area contributed by atoms with Gasteiger partial charge in [0.15, 0.2) is 0 Å². The molecule has 0 amide bonds. The number of benzene rings is 1. The highest BCUT2D eigenvalue weighted by molar-refractivity contribution is 7.90. The molecule has 0 radical (unpaired) electrons. The van der Waals surface area contributed by atoms with E-state index in [0.29, 0.717) is 12.6 Å². The standard InChI is InChI=1S/C16H26N2O2S/c1-3-16-14-17(13-15-7-5-4-6-8-15)9-10-18(16)11-12-21(2,19)20/h4-8,16H,3,9-14H2,1-2H3/t16-/m0/s1. The summed E-state index contributed by atoms with van der Waals surface area (Å²) in [7, 11) is -2.87. The molecule has 0 aliphatic carbocycles. The van der Waals surface area contributed by atoms with Crippen LogP contribution in [0.1, 0.15) is 18.9 Å². The van der Waals surface area contributed by atoms with E-state index in [-0.39, 0.29) is 5.75 Å². The first kappa shape index (κ1) is 16.5. The van der Waals surface area contributed by atoms with E-state index in [9.17, 15) is 8.42 Å². The molecular weight excluding hydrogens is 284 g/mol. The fourth-order valence-electron chi connectivity index (χ4n) is 2.91. The Kier molecular flexibility index (Phi) is 5.79. The van der Waals surface area contributed by atoms with Gasteiger partial charge in [0, 0.05) is 45.0 Å². The predicted octanol–water partition coefficient (Wildman–Crippen LogP) is 1.63. The Hall–Kier alpha value is -0.910. The van der Waals surface area contributed by atoms with E-state index in [1.54, 1.807) is 0 Å². The summed E-state index contributed by atoms with van der Waals surface area (Å²) in [6.45, 7) is 6.82. The van der Waals surface area contributed by atoms with Gasteiger partial charge in [-0.25, -0.2) is 8.42 Å². The third-order valence-electron chi connectivity index (χ3n) is 4.16. The molecule has 1 aliphatic heterocycles. The Morgan fingerprint density at radius 3 is 2.52 bits per heavy atom. The van der Waals surface area contributed by atoms with Crippen LogP contribution in [0.5, 0.6) is 0 Å². The molecule has 1 fully saturated rings. The Balaban J connectivity index is 1.89. The molecule has 0 bridgehead atoms. The smallest absolute Gasteiger partial charge is 0.148 e. The van der Waals surface area contributed by atoms with Crippen LogP contribution >= 0.6 is 0 Å². The fourth-order valence-corrected chi connectivity index (χ4v) is 3.47. The zero-order valence-corrected chi connectivity index (χ0v) is 13.8. The molecule has 1 aromatic carbocycles. The Labute approximate surface area is 128 Å². The van der Waals surface area contributed by atoms with Crippen molar-refractivity contribution in [3.8, 4) is 0 Å². The van der Waals surface area contributed by atoms with Crippen LogP contribution < -0.4 is 0 Å². The summed E-state index contributed by atoms with van der Waals surface area (Å²) < 4.78 is 22.7. The van der Waals surface area contributed by atoms with Crippen LogP contribution in [-0.2, 0) is 16.4 Å². The molecule has 1 aliphatic rings. The molecule has 1 atom stereocenters. The molecular formula is C16H26N2O2S. The summed E-state index contributed by atoms with van der Waals surface area (Å²) in [6, 6.07) is 11.0. The summed E-state index contributed by atoms with van der Waals surface area (Å²) in [4.78, 5) is 4.81. The second kappa shape index (κ2) is 7.38. The Bertz CT molecular complexity index is 530. The summed E-state index contributed by atoms with van der Waals surface area (Å²) in [5.74, 6) is 0.266. The number of hydrogen-bond acceptors (Lipinski definition) is 4.